The molecule has 4 rings (SSSR count). The number of nitrogens with one attached hydrogen (secondary N) is 2. The highest BCUT2D eigenvalue weighted by atomic mass is 79.9. The van der Waals surface area contributed by atoms with E-state index in [4.69, 9.17) is 0 Å². The summed E-state index contributed by atoms with van der Waals surface area (Å²) in [5, 5.41) is 11.1. The van der Waals surface area contributed by atoms with Gasteiger partial charge in [0.2, 0.25) is 0 Å². The monoisotopic (exact) mass is 482 g/mol. The zero-order valence-electron chi connectivity index (χ0n) is 16.4. The number of aromatic nitrogens is 4. The van der Waals surface area contributed by atoms with Crippen LogP contribution in [-0.2, 0) is 6.42 Å². The topological polar surface area (TPSA) is 84.2 Å². The number of anilines is 2. The van der Waals surface area contributed by atoms with Crippen molar-refractivity contribution in [2.75, 3.05) is 10.6 Å². The molecule has 2 aromatic carbocycles. The first kappa shape index (κ1) is 20.4. The fourth-order valence-corrected chi connectivity index (χ4v) is 4.53. The van der Waals surface area contributed by atoms with Gasteiger partial charge in [-0.3, -0.25) is 0 Å². The number of urea groups is 1. The predicted octanol–water partition coefficient (Wildman–Crippen LogP) is 5.55. The molecule has 0 unspecified atom stereocenters. The molecule has 30 heavy (non-hydrogen) atoms. The Balaban J connectivity index is 1.61. The molecule has 4 aromatic rings. The average molecular weight is 483 g/mol. The van der Waals surface area contributed by atoms with Crippen molar-refractivity contribution in [3.63, 3.8) is 0 Å². The first-order valence-corrected chi connectivity index (χ1v) is 11.0. The molecule has 0 aliphatic heterocycles. The van der Waals surface area contributed by atoms with E-state index in [1.54, 1.807) is 4.52 Å². The van der Waals surface area contributed by atoms with Crippen LogP contribution in [0.5, 0.6) is 0 Å². The van der Waals surface area contributed by atoms with Crippen LogP contribution in [0, 0.1) is 6.92 Å². The highest BCUT2D eigenvalue weighted by Gasteiger charge is 2.16. The third-order valence-corrected chi connectivity index (χ3v) is 6.20. The number of benzene rings is 2. The Kier molecular flexibility index (Phi) is 6.01. The van der Waals surface area contributed by atoms with Crippen LogP contribution in [0.25, 0.3) is 5.78 Å². The van der Waals surface area contributed by atoms with Crippen molar-refractivity contribution < 1.29 is 4.79 Å². The molecule has 9 heteroatoms. The standard InChI is InChI=1S/C21H19BrN6OS/c1-3-16-13(2)25-20-23-12-24-28(20)19(16)30-18-7-5-4-6-17(18)27-21(29)26-15-10-8-14(22)9-11-15/h4-12H,3H2,1-2H3,(H2,26,27,29). The van der Waals surface area contributed by atoms with Crippen LogP contribution < -0.4 is 10.6 Å². The molecule has 2 amide bonds. The number of aryl methyl sites for hydroxylation is 1. The van der Waals surface area contributed by atoms with E-state index in [0.29, 0.717) is 17.2 Å². The number of hydrogen-bond donors (Lipinski definition) is 2. The number of carbonyl (C=O) groups excluding carboxylic acids is 1. The molecule has 0 saturated carbocycles. The third kappa shape index (κ3) is 4.31. The van der Waals surface area contributed by atoms with E-state index in [1.807, 2.05) is 55.5 Å². The molecule has 152 valence electrons. The van der Waals surface area contributed by atoms with Crippen LogP contribution in [0.4, 0.5) is 16.2 Å². The van der Waals surface area contributed by atoms with E-state index in [-0.39, 0.29) is 6.03 Å². The number of halogens is 1. The number of amides is 2. The van der Waals surface area contributed by atoms with Crippen molar-refractivity contribution in [3.05, 3.63) is 70.6 Å². The summed E-state index contributed by atoms with van der Waals surface area (Å²) in [4.78, 5) is 22.2. The van der Waals surface area contributed by atoms with E-state index in [1.165, 1.54) is 18.1 Å². The van der Waals surface area contributed by atoms with Crippen LogP contribution in [0.1, 0.15) is 18.2 Å². The molecule has 0 aliphatic carbocycles. The van der Waals surface area contributed by atoms with Gasteiger partial charge in [-0.2, -0.15) is 14.6 Å². The lowest BCUT2D eigenvalue weighted by Gasteiger charge is -2.15. The number of para-hydroxylation sites is 1. The largest absolute Gasteiger partial charge is 0.323 e. The van der Waals surface area contributed by atoms with E-state index < -0.39 is 0 Å². The maximum atomic E-state index is 12.5. The van der Waals surface area contributed by atoms with Gasteiger partial charge in [-0.15, -0.1) is 0 Å². The highest BCUT2D eigenvalue weighted by Crippen LogP contribution is 2.36. The molecule has 0 fully saturated rings. The maximum absolute atomic E-state index is 12.5. The van der Waals surface area contributed by atoms with Crippen LogP contribution in [0.2, 0.25) is 0 Å². The van der Waals surface area contributed by atoms with Gasteiger partial charge in [-0.25, -0.2) is 9.78 Å². The molecule has 0 saturated heterocycles. The second-order valence-electron chi connectivity index (χ2n) is 6.49. The van der Waals surface area contributed by atoms with Crippen LogP contribution in [-0.4, -0.2) is 25.6 Å². The van der Waals surface area contributed by atoms with Crippen molar-refractivity contribution in [2.45, 2.75) is 30.2 Å². The van der Waals surface area contributed by atoms with Gasteiger partial charge in [0.1, 0.15) is 11.4 Å². The molecule has 0 atom stereocenters. The summed E-state index contributed by atoms with van der Waals surface area (Å²) in [5.74, 6) is 0.561. The lowest BCUT2D eigenvalue weighted by Crippen LogP contribution is -2.19. The summed E-state index contributed by atoms with van der Waals surface area (Å²) >= 11 is 4.93. The van der Waals surface area contributed by atoms with E-state index in [0.717, 1.165) is 32.1 Å². The summed E-state index contributed by atoms with van der Waals surface area (Å²) in [6.45, 7) is 4.07. The van der Waals surface area contributed by atoms with E-state index in [9.17, 15) is 4.79 Å². The summed E-state index contributed by atoms with van der Waals surface area (Å²) in [7, 11) is 0. The third-order valence-electron chi connectivity index (χ3n) is 4.48. The average Bonchev–Trinajstić information content (AvgIpc) is 3.19. The van der Waals surface area contributed by atoms with Crippen molar-refractivity contribution >= 4 is 50.9 Å². The zero-order chi connectivity index (χ0) is 21.1. The fourth-order valence-electron chi connectivity index (χ4n) is 3.05. The minimum Gasteiger partial charge on any atom is -0.308 e. The zero-order valence-corrected chi connectivity index (χ0v) is 18.8. The molecule has 2 N–H and O–H groups in total. The molecular weight excluding hydrogens is 464 g/mol. The normalized spacial score (nSPS) is 10.9. The van der Waals surface area contributed by atoms with Gasteiger partial charge >= 0.3 is 6.03 Å². The fraction of sp³-hybridized carbons (Fsp3) is 0.143. The number of rotatable bonds is 5. The van der Waals surface area contributed by atoms with Crippen molar-refractivity contribution in [2.24, 2.45) is 0 Å². The van der Waals surface area contributed by atoms with Crippen LogP contribution in [0.3, 0.4) is 0 Å². The summed E-state index contributed by atoms with van der Waals surface area (Å²) in [6, 6.07) is 14.8. The van der Waals surface area contributed by atoms with Crippen molar-refractivity contribution in [1.82, 2.24) is 19.6 Å². The van der Waals surface area contributed by atoms with Gasteiger partial charge in [0.15, 0.2) is 0 Å². The number of fused-ring (bicyclic) bond motifs is 1. The van der Waals surface area contributed by atoms with Crippen molar-refractivity contribution in [1.29, 1.82) is 0 Å². The molecule has 0 spiro atoms. The van der Waals surface area contributed by atoms with Crippen molar-refractivity contribution in [3.8, 4) is 0 Å². The van der Waals surface area contributed by atoms with Crippen LogP contribution in [0.15, 0.2) is 69.3 Å². The molecule has 0 bridgehead atoms. The second kappa shape index (κ2) is 8.85. The summed E-state index contributed by atoms with van der Waals surface area (Å²) in [5.41, 5.74) is 3.45. The first-order chi connectivity index (χ1) is 14.5. The smallest absolute Gasteiger partial charge is 0.308 e. The minimum atomic E-state index is -0.308. The number of carbonyl (C=O) groups is 1. The molecule has 0 radical (unpaired) electrons. The van der Waals surface area contributed by atoms with E-state index >= 15 is 0 Å². The lowest BCUT2D eigenvalue weighted by atomic mass is 10.2. The Bertz CT molecular complexity index is 1210. The van der Waals surface area contributed by atoms with E-state index in [2.05, 4.69) is 48.6 Å². The summed E-state index contributed by atoms with van der Waals surface area (Å²) in [6.07, 6.45) is 2.32. The lowest BCUT2D eigenvalue weighted by molar-refractivity contribution is 0.262. The minimum absolute atomic E-state index is 0.308. The number of hydrogen-bond acceptors (Lipinski definition) is 5. The number of nitrogens with zero attached hydrogens (tertiary/aromatic N) is 4. The second-order valence-corrected chi connectivity index (χ2v) is 8.44. The van der Waals surface area contributed by atoms with Gasteiger partial charge in [-0.1, -0.05) is 46.7 Å². The Morgan fingerprint density at radius 1 is 1.13 bits per heavy atom. The molecule has 2 heterocycles. The highest BCUT2D eigenvalue weighted by molar-refractivity contribution is 9.10. The van der Waals surface area contributed by atoms with Gasteiger partial charge in [0, 0.05) is 26.3 Å². The maximum Gasteiger partial charge on any atom is 0.323 e. The SMILES string of the molecule is CCc1c(C)nc2ncnn2c1Sc1ccccc1NC(=O)Nc1ccc(Br)cc1. The molecule has 7 nitrogen and oxygen atoms in total. The predicted molar refractivity (Wildman–Crippen MR) is 122 cm³/mol. The Hall–Kier alpha value is -2.91. The Morgan fingerprint density at radius 3 is 2.67 bits per heavy atom. The first-order valence-electron chi connectivity index (χ1n) is 9.35. The Labute approximate surface area is 186 Å². The van der Waals surface area contributed by atoms with Gasteiger partial charge in [-0.05, 0) is 49.7 Å². The summed E-state index contributed by atoms with van der Waals surface area (Å²) < 4.78 is 2.70. The van der Waals surface area contributed by atoms with Gasteiger partial charge < -0.3 is 10.6 Å². The van der Waals surface area contributed by atoms with Gasteiger partial charge in [0.25, 0.3) is 5.78 Å². The van der Waals surface area contributed by atoms with Gasteiger partial charge in [0.05, 0.1) is 5.69 Å². The molecule has 2 aromatic heterocycles. The molecular formula is C21H19BrN6OS. The van der Waals surface area contributed by atoms with Crippen LogP contribution >= 0.6 is 27.7 Å². The Morgan fingerprint density at radius 2 is 1.90 bits per heavy atom. The molecule has 0 aliphatic rings. The quantitative estimate of drug-likeness (QED) is 0.364.